The van der Waals surface area contributed by atoms with E-state index in [2.05, 4.69) is 24.3 Å². The topological polar surface area (TPSA) is 78.3 Å². The summed E-state index contributed by atoms with van der Waals surface area (Å²) in [4.78, 5) is 17.8. The lowest BCUT2D eigenvalue weighted by molar-refractivity contribution is 0.0952. The number of hydrogen-bond acceptors (Lipinski definition) is 5. The second kappa shape index (κ2) is 6.51. The fraction of sp³-hybridized carbons (Fsp3) is 0.381. The van der Waals surface area contributed by atoms with E-state index < -0.39 is 0 Å². The molecular weight excluding hydrogens is 356 g/mol. The van der Waals surface area contributed by atoms with Gasteiger partial charge in [0.25, 0.3) is 5.91 Å². The van der Waals surface area contributed by atoms with Crippen molar-refractivity contribution in [2.75, 3.05) is 6.79 Å². The maximum Gasteiger partial charge on any atom is 0.252 e. The predicted octanol–water partition coefficient (Wildman–Crippen LogP) is 3.55. The molecule has 3 heterocycles. The molecule has 28 heavy (non-hydrogen) atoms. The number of aromatic nitrogens is 3. The molecule has 0 bridgehead atoms. The van der Waals surface area contributed by atoms with Crippen LogP contribution < -0.4 is 14.8 Å². The van der Waals surface area contributed by atoms with E-state index in [9.17, 15) is 4.79 Å². The first kappa shape index (κ1) is 17.0. The minimum atomic E-state index is -0.115. The number of hydrogen-bond donors (Lipinski definition) is 1. The first-order chi connectivity index (χ1) is 13.6. The van der Waals surface area contributed by atoms with E-state index in [-0.39, 0.29) is 18.7 Å². The van der Waals surface area contributed by atoms with Gasteiger partial charge >= 0.3 is 0 Å². The van der Waals surface area contributed by atoms with Crippen LogP contribution in [0.25, 0.3) is 11.0 Å². The maximum absolute atomic E-state index is 13.0. The van der Waals surface area contributed by atoms with Crippen molar-refractivity contribution in [3.63, 3.8) is 0 Å². The Balaban J connectivity index is 1.43. The van der Waals surface area contributed by atoms with Crippen molar-refractivity contribution < 1.29 is 14.3 Å². The van der Waals surface area contributed by atoms with Crippen LogP contribution in [0.5, 0.6) is 11.5 Å². The minimum Gasteiger partial charge on any atom is -0.454 e. The van der Waals surface area contributed by atoms with Crippen molar-refractivity contribution in [2.45, 2.75) is 45.2 Å². The number of ether oxygens (including phenoxy) is 2. The van der Waals surface area contributed by atoms with Gasteiger partial charge in [0.05, 0.1) is 17.1 Å². The number of carbonyl (C=O) groups excluding carboxylic acids is 1. The van der Waals surface area contributed by atoms with Crippen LogP contribution >= 0.6 is 0 Å². The summed E-state index contributed by atoms with van der Waals surface area (Å²) in [6.45, 7) is 4.79. The number of pyridine rings is 1. The van der Waals surface area contributed by atoms with Gasteiger partial charge in [0, 0.05) is 24.2 Å². The average Bonchev–Trinajstić information content (AvgIpc) is 3.28. The van der Waals surface area contributed by atoms with Gasteiger partial charge in [0.15, 0.2) is 17.1 Å². The summed E-state index contributed by atoms with van der Waals surface area (Å²) in [6, 6.07) is 7.82. The Hall–Kier alpha value is -3.09. The highest BCUT2D eigenvalue weighted by Gasteiger charge is 2.28. The second-order valence-electron chi connectivity index (χ2n) is 7.66. The van der Waals surface area contributed by atoms with Crippen LogP contribution in [0.4, 0.5) is 0 Å². The van der Waals surface area contributed by atoms with Gasteiger partial charge in [0.2, 0.25) is 6.79 Å². The van der Waals surface area contributed by atoms with Crippen molar-refractivity contribution in [1.82, 2.24) is 20.1 Å². The van der Waals surface area contributed by atoms with E-state index >= 15 is 0 Å². The van der Waals surface area contributed by atoms with Gasteiger partial charge in [-0.05, 0) is 50.5 Å². The van der Waals surface area contributed by atoms with Crippen molar-refractivity contribution in [1.29, 1.82) is 0 Å². The van der Waals surface area contributed by atoms with E-state index in [1.807, 2.05) is 28.9 Å². The van der Waals surface area contributed by atoms with Crippen LogP contribution in [0, 0.1) is 0 Å². The Kier molecular flexibility index (Phi) is 3.96. The number of nitrogens with zero attached hydrogens (tertiary/aromatic N) is 3. The molecule has 1 amide bonds. The quantitative estimate of drug-likeness (QED) is 0.735. The maximum atomic E-state index is 13.0. The molecule has 0 atom stereocenters. The van der Waals surface area contributed by atoms with Crippen LogP contribution in [0.1, 0.15) is 60.3 Å². The zero-order valence-electron chi connectivity index (χ0n) is 15.9. The molecule has 1 aliphatic heterocycles. The lowest BCUT2D eigenvalue weighted by atomic mass is 10.1. The van der Waals surface area contributed by atoms with Crippen molar-refractivity contribution >= 4 is 16.9 Å². The first-order valence-corrected chi connectivity index (χ1v) is 9.65. The van der Waals surface area contributed by atoms with Crippen molar-refractivity contribution in [3.8, 4) is 11.5 Å². The van der Waals surface area contributed by atoms with Gasteiger partial charge < -0.3 is 14.8 Å². The smallest absolute Gasteiger partial charge is 0.252 e. The molecule has 144 valence electrons. The second-order valence-corrected chi connectivity index (χ2v) is 7.66. The number of rotatable bonds is 5. The number of carbonyl (C=O) groups is 1. The molecule has 7 nitrogen and oxygen atoms in total. The molecule has 2 aromatic heterocycles. The van der Waals surface area contributed by atoms with Crippen LogP contribution in [-0.4, -0.2) is 27.5 Å². The molecule has 0 unspecified atom stereocenters. The molecule has 2 aliphatic rings. The van der Waals surface area contributed by atoms with Gasteiger partial charge in [-0.2, -0.15) is 5.10 Å². The van der Waals surface area contributed by atoms with Crippen LogP contribution in [0.2, 0.25) is 0 Å². The molecule has 1 fully saturated rings. The fourth-order valence-corrected chi connectivity index (χ4v) is 3.52. The zero-order chi connectivity index (χ0) is 19.3. The molecule has 5 rings (SSSR count). The molecule has 1 aliphatic carbocycles. The Morgan fingerprint density at radius 3 is 2.86 bits per heavy atom. The Labute approximate surface area is 162 Å². The van der Waals surface area contributed by atoms with Crippen LogP contribution in [-0.2, 0) is 6.54 Å². The van der Waals surface area contributed by atoms with Gasteiger partial charge in [0.1, 0.15) is 0 Å². The Morgan fingerprint density at radius 1 is 1.25 bits per heavy atom. The highest BCUT2D eigenvalue weighted by Crippen LogP contribution is 2.40. The van der Waals surface area contributed by atoms with E-state index in [4.69, 9.17) is 14.5 Å². The van der Waals surface area contributed by atoms with Crippen LogP contribution in [0.3, 0.4) is 0 Å². The van der Waals surface area contributed by atoms with Gasteiger partial charge in [-0.1, -0.05) is 6.07 Å². The zero-order valence-corrected chi connectivity index (χ0v) is 15.9. The lowest BCUT2D eigenvalue weighted by Crippen LogP contribution is -2.23. The summed E-state index contributed by atoms with van der Waals surface area (Å²) in [5, 5.41) is 8.28. The van der Waals surface area contributed by atoms with Crippen molar-refractivity contribution in [3.05, 3.63) is 47.3 Å². The molecule has 7 heteroatoms. The molecule has 1 N–H and O–H groups in total. The van der Waals surface area contributed by atoms with Gasteiger partial charge in [-0.15, -0.1) is 0 Å². The Morgan fingerprint density at radius 2 is 2.07 bits per heavy atom. The number of fused-ring (bicyclic) bond motifs is 2. The molecule has 1 saturated carbocycles. The lowest BCUT2D eigenvalue weighted by Gasteiger charge is -2.11. The fourth-order valence-electron chi connectivity index (χ4n) is 3.52. The monoisotopic (exact) mass is 378 g/mol. The summed E-state index contributed by atoms with van der Waals surface area (Å²) < 4.78 is 12.6. The molecule has 3 aromatic rings. The minimum absolute atomic E-state index is 0.115. The highest BCUT2D eigenvalue weighted by molar-refractivity contribution is 6.05. The number of benzene rings is 1. The standard InChI is InChI=1S/C21H22N4O3/c1-12(2)25-20-16(10-23-25)15(8-17(24-20)14-4-5-14)21(26)22-9-13-3-6-18-19(7-13)28-11-27-18/h3,6-8,10,12,14H,4-5,9,11H2,1-2H3,(H,22,26). The number of amides is 1. The van der Waals surface area contributed by atoms with Crippen molar-refractivity contribution in [2.24, 2.45) is 0 Å². The summed E-state index contributed by atoms with van der Waals surface area (Å²) in [5.41, 5.74) is 3.37. The summed E-state index contributed by atoms with van der Waals surface area (Å²) in [6.07, 6.45) is 4.01. The summed E-state index contributed by atoms with van der Waals surface area (Å²) >= 11 is 0. The number of nitrogens with one attached hydrogen (secondary N) is 1. The van der Waals surface area contributed by atoms with E-state index in [0.29, 0.717) is 23.8 Å². The third-order valence-corrected chi connectivity index (χ3v) is 5.21. The predicted molar refractivity (Wildman–Crippen MR) is 104 cm³/mol. The molecule has 1 aromatic carbocycles. The van der Waals surface area contributed by atoms with E-state index in [0.717, 1.165) is 40.9 Å². The van der Waals surface area contributed by atoms with E-state index in [1.54, 1.807) is 6.20 Å². The third kappa shape index (κ3) is 2.96. The molecule has 0 saturated heterocycles. The average molecular weight is 378 g/mol. The third-order valence-electron chi connectivity index (χ3n) is 5.21. The molecule has 0 spiro atoms. The van der Waals surface area contributed by atoms with Crippen LogP contribution in [0.15, 0.2) is 30.5 Å². The Bertz CT molecular complexity index is 1070. The van der Waals surface area contributed by atoms with Gasteiger partial charge in [-0.3, -0.25) is 4.79 Å². The SMILES string of the molecule is CC(C)n1ncc2c(C(=O)NCc3ccc4c(c3)OCO4)cc(C3CC3)nc21. The summed E-state index contributed by atoms with van der Waals surface area (Å²) in [5.74, 6) is 1.80. The molecule has 0 radical (unpaired) electrons. The largest absolute Gasteiger partial charge is 0.454 e. The first-order valence-electron chi connectivity index (χ1n) is 9.65. The van der Waals surface area contributed by atoms with E-state index in [1.165, 1.54) is 0 Å². The highest BCUT2D eigenvalue weighted by atomic mass is 16.7. The normalized spacial score (nSPS) is 15.4. The summed E-state index contributed by atoms with van der Waals surface area (Å²) in [7, 11) is 0. The molecular formula is C21H22N4O3. The van der Waals surface area contributed by atoms with Gasteiger partial charge in [-0.25, -0.2) is 9.67 Å².